The van der Waals surface area contributed by atoms with Crippen molar-refractivity contribution in [2.24, 2.45) is 0 Å². The second-order valence-electron chi connectivity index (χ2n) is 3.84. The normalized spacial score (nSPS) is 11.9. The van der Waals surface area contributed by atoms with Crippen molar-refractivity contribution in [1.82, 2.24) is 5.32 Å². The second-order valence-corrected chi connectivity index (χ2v) is 5.79. The fourth-order valence-electron chi connectivity index (χ4n) is 1.36. The van der Waals surface area contributed by atoms with Crippen LogP contribution in [-0.2, 0) is 15.3 Å². The third kappa shape index (κ3) is 5.61. The highest BCUT2D eigenvalue weighted by Crippen LogP contribution is 2.20. The van der Waals surface area contributed by atoms with Crippen molar-refractivity contribution in [3.05, 3.63) is 34.1 Å². The Balaban J connectivity index is 2.54. The Labute approximate surface area is 122 Å². The molecule has 0 saturated heterocycles. The minimum atomic E-state index is -1.10. The highest BCUT2D eigenvalue weighted by atomic mass is 79.9. The van der Waals surface area contributed by atoms with Crippen LogP contribution in [0.3, 0.4) is 0 Å². The predicted octanol–water partition coefficient (Wildman–Crippen LogP) is 2.41. The van der Waals surface area contributed by atoms with Crippen LogP contribution in [0.5, 0.6) is 0 Å². The number of thioether (sulfide) groups is 1. The number of halogens is 2. The molecule has 0 heterocycles. The van der Waals surface area contributed by atoms with Gasteiger partial charge in [0.05, 0.1) is 0 Å². The number of carbonyl (C=O) groups is 2. The molecule has 104 valence electrons. The van der Waals surface area contributed by atoms with E-state index >= 15 is 0 Å². The molecule has 0 bridgehead atoms. The molecule has 1 atom stereocenters. The van der Waals surface area contributed by atoms with Crippen molar-refractivity contribution in [2.75, 3.05) is 5.75 Å². The van der Waals surface area contributed by atoms with Crippen LogP contribution in [0.2, 0.25) is 0 Å². The summed E-state index contributed by atoms with van der Waals surface area (Å²) < 4.78 is 14.2. The molecule has 1 aromatic rings. The first-order valence-electron chi connectivity index (χ1n) is 5.41. The molecule has 4 nitrogen and oxygen atoms in total. The molecule has 1 rings (SSSR count). The lowest BCUT2D eigenvalue weighted by Crippen LogP contribution is -2.41. The van der Waals surface area contributed by atoms with Gasteiger partial charge in [-0.05, 0) is 23.8 Å². The maximum absolute atomic E-state index is 13.4. The molecular weight excluding hydrogens is 337 g/mol. The average molecular weight is 350 g/mol. The van der Waals surface area contributed by atoms with Gasteiger partial charge in [-0.2, -0.15) is 11.8 Å². The number of nitrogens with one attached hydrogen (secondary N) is 1. The standard InChI is InChI=1S/C12H13BrFNO3S/c1-7(16)15-11(12(17)18)6-19-5-8-4-9(13)2-3-10(8)14/h2-4,11H,5-6H2,1H3,(H,15,16)(H,17,18)/t11-/m0/s1. The number of aliphatic carboxylic acids is 1. The highest BCUT2D eigenvalue weighted by molar-refractivity contribution is 9.10. The summed E-state index contributed by atoms with van der Waals surface area (Å²) in [5.41, 5.74) is 0.492. The van der Waals surface area contributed by atoms with Gasteiger partial charge in [0.2, 0.25) is 5.91 Å². The molecule has 2 N–H and O–H groups in total. The number of carboxylic acids is 1. The maximum atomic E-state index is 13.4. The molecule has 0 aliphatic rings. The van der Waals surface area contributed by atoms with E-state index in [2.05, 4.69) is 21.2 Å². The Hall–Kier alpha value is -1.08. The molecule has 0 saturated carbocycles. The summed E-state index contributed by atoms with van der Waals surface area (Å²) in [4.78, 5) is 21.7. The van der Waals surface area contributed by atoms with E-state index in [1.165, 1.54) is 24.8 Å². The van der Waals surface area contributed by atoms with Crippen LogP contribution in [0.25, 0.3) is 0 Å². The number of carboxylic acid groups (broad SMARTS) is 1. The van der Waals surface area contributed by atoms with Crippen LogP contribution in [0.1, 0.15) is 12.5 Å². The van der Waals surface area contributed by atoms with Crippen LogP contribution in [0.15, 0.2) is 22.7 Å². The van der Waals surface area contributed by atoms with E-state index in [0.717, 1.165) is 4.47 Å². The monoisotopic (exact) mass is 349 g/mol. The zero-order valence-electron chi connectivity index (χ0n) is 10.2. The van der Waals surface area contributed by atoms with E-state index in [1.807, 2.05) is 0 Å². The number of hydrogen-bond donors (Lipinski definition) is 2. The first kappa shape index (κ1) is 16.0. The molecule has 19 heavy (non-hydrogen) atoms. The van der Waals surface area contributed by atoms with Gasteiger partial charge in [-0.25, -0.2) is 9.18 Å². The van der Waals surface area contributed by atoms with E-state index in [0.29, 0.717) is 11.3 Å². The lowest BCUT2D eigenvalue weighted by molar-refractivity contribution is -0.140. The van der Waals surface area contributed by atoms with Gasteiger partial charge in [-0.1, -0.05) is 15.9 Å². The zero-order chi connectivity index (χ0) is 14.4. The number of amides is 1. The third-order valence-electron chi connectivity index (χ3n) is 2.23. The van der Waals surface area contributed by atoms with Crippen molar-refractivity contribution in [2.45, 2.75) is 18.7 Å². The summed E-state index contributed by atoms with van der Waals surface area (Å²) in [6.07, 6.45) is 0. The van der Waals surface area contributed by atoms with Crippen molar-refractivity contribution in [1.29, 1.82) is 0 Å². The summed E-state index contributed by atoms with van der Waals surface area (Å²) in [5.74, 6) is -1.31. The van der Waals surface area contributed by atoms with Crippen molar-refractivity contribution < 1.29 is 19.1 Å². The number of carbonyl (C=O) groups excluding carboxylic acids is 1. The fraction of sp³-hybridized carbons (Fsp3) is 0.333. The summed E-state index contributed by atoms with van der Waals surface area (Å²) in [5, 5.41) is 11.2. The van der Waals surface area contributed by atoms with E-state index in [1.54, 1.807) is 12.1 Å². The summed E-state index contributed by atoms with van der Waals surface area (Å²) in [7, 11) is 0. The Morgan fingerprint density at radius 3 is 2.79 bits per heavy atom. The predicted molar refractivity (Wildman–Crippen MR) is 75.5 cm³/mol. The summed E-state index contributed by atoms with van der Waals surface area (Å²) in [6.45, 7) is 1.26. The SMILES string of the molecule is CC(=O)N[C@@H](CSCc1cc(Br)ccc1F)C(=O)O. The van der Waals surface area contributed by atoms with Gasteiger partial charge in [0.25, 0.3) is 0 Å². The highest BCUT2D eigenvalue weighted by Gasteiger charge is 2.18. The zero-order valence-corrected chi connectivity index (χ0v) is 12.6. The van der Waals surface area contributed by atoms with Crippen molar-refractivity contribution in [3.8, 4) is 0 Å². The molecule has 1 aromatic carbocycles. The fourth-order valence-corrected chi connectivity index (χ4v) is 2.79. The third-order valence-corrected chi connectivity index (χ3v) is 3.80. The molecule has 0 spiro atoms. The molecule has 0 aliphatic carbocycles. The Morgan fingerprint density at radius 2 is 2.21 bits per heavy atom. The van der Waals surface area contributed by atoms with E-state index in [-0.39, 0.29) is 11.6 Å². The molecule has 1 amide bonds. The molecule has 0 unspecified atom stereocenters. The first-order valence-corrected chi connectivity index (χ1v) is 7.36. The second kappa shape index (κ2) is 7.49. The van der Waals surface area contributed by atoms with Gasteiger partial charge in [0.1, 0.15) is 11.9 Å². The van der Waals surface area contributed by atoms with Crippen LogP contribution in [-0.4, -0.2) is 28.8 Å². The van der Waals surface area contributed by atoms with Crippen LogP contribution >= 0.6 is 27.7 Å². The quantitative estimate of drug-likeness (QED) is 0.827. The van der Waals surface area contributed by atoms with Gasteiger partial charge >= 0.3 is 5.97 Å². The Kier molecular flexibility index (Phi) is 6.30. The average Bonchev–Trinajstić information content (AvgIpc) is 2.31. The van der Waals surface area contributed by atoms with Gasteiger partial charge in [-0.15, -0.1) is 0 Å². The first-order chi connectivity index (χ1) is 8.90. The van der Waals surface area contributed by atoms with E-state index in [4.69, 9.17) is 5.11 Å². The van der Waals surface area contributed by atoms with Gasteiger partial charge < -0.3 is 10.4 Å². The molecule has 7 heteroatoms. The van der Waals surface area contributed by atoms with E-state index in [9.17, 15) is 14.0 Å². The van der Waals surface area contributed by atoms with Gasteiger partial charge in [0, 0.05) is 22.9 Å². The topological polar surface area (TPSA) is 66.4 Å². The molecule has 0 aliphatic heterocycles. The number of hydrogen-bond acceptors (Lipinski definition) is 3. The van der Waals surface area contributed by atoms with Gasteiger partial charge in [-0.3, -0.25) is 4.79 Å². The number of benzene rings is 1. The van der Waals surface area contributed by atoms with Crippen LogP contribution in [0.4, 0.5) is 4.39 Å². The smallest absolute Gasteiger partial charge is 0.327 e. The lowest BCUT2D eigenvalue weighted by Gasteiger charge is -2.12. The van der Waals surface area contributed by atoms with Crippen LogP contribution < -0.4 is 5.32 Å². The Bertz CT molecular complexity index is 484. The number of rotatable bonds is 6. The van der Waals surface area contributed by atoms with Crippen molar-refractivity contribution in [3.63, 3.8) is 0 Å². The molecule has 0 radical (unpaired) electrons. The largest absolute Gasteiger partial charge is 0.480 e. The molecule has 0 fully saturated rings. The Morgan fingerprint density at radius 1 is 1.53 bits per heavy atom. The van der Waals surface area contributed by atoms with Crippen LogP contribution in [0, 0.1) is 5.82 Å². The van der Waals surface area contributed by atoms with Crippen molar-refractivity contribution >= 4 is 39.6 Å². The maximum Gasteiger partial charge on any atom is 0.327 e. The minimum absolute atomic E-state index is 0.181. The summed E-state index contributed by atoms with van der Waals surface area (Å²) >= 11 is 4.50. The summed E-state index contributed by atoms with van der Waals surface area (Å²) in [6, 6.07) is 3.64. The molecular formula is C12H13BrFNO3S. The van der Waals surface area contributed by atoms with E-state index < -0.39 is 17.9 Å². The van der Waals surface area contributed by atoms with Gasteiger partial charge in [0.15, 0.2) is 0 Å². The molecule has 0 aromatic heterocycles. The lowest BCUT2D eigenvalue weighted by atomic mass is 10.2. The minimum Gasteiger partial charge on any atom is -0.480 e.